The summed E-state index contributed by atoms with van der Waals surface area (Å²) in [6.45, 7) is 1.32. The number of carbonyl (C=O) groups excluding carboxylic acids is 2. The molecule has 18 heavy (non-hydrogen) atoms. The Kier molecular flexibility index (Phi) is 10.0. The van der Waals surface area contributed by atoms with Crippen LogP contribution in [0.2, 0.25) is 0 Å². The van der Waals surface area contributed by atoms with Crippen molar-refractivity contribution < 1.29 is 23.8 Å². The highest BCUT2D eigenvalue weighted by molar-refractivity contribution is 6.26. The van der Waals surface area contributed by atoms with Crippen LogP contribution in [-0.2, 0) is 23.8 Å². The number of ketones is 1. The highest BCUT2D eigenvalue weighted by Crippen LogP contribution is 1.97. The first-order valence-electron chi connectivity index (χ1n) is 5.64. The van der Waals surface area contributed by atoms with Gasteiger partial charge in [0.2, 0.25) is 0 Å². The van der Waals surface area contributed by atoms with Crippen LogP contribution in [0.15, 0.2) is 0 Å². The van der Waals surface area contributed by atoms with Crippen LogP contribution < -0.4 is 5.73 Å². The second-order valence-electron chi connectivity index (χ2n) is 3.53. The molecule has 0 aliphatic rings. The van der Waals surface area contributed by atoms with Gasteiger partial charge < -0.3 is 25.4 Å². The third kappa shape index (κ3) is 8.80. The molecule has 104 valence electrons. The molecule has 0 saturated heterocycles. The van der Waals surface area contributed by atoms with Crippen LogP contribution in [0.25, 0.3) is 0 Å². The van der Waals surface area contributed by atoms with E-state index in [9.17, 15) is 9.59 Å². The van der Waals surface area contributed by atoms with Crippen molar-refractivity contribution in [1.82, 2.24) is 0 Å². The Morgan fingerprint density at radius 2 is 1.94 bits per heavy atom. The Bertz CT molecular complexity index is 270. The fourth-order valence-electron chi connectivity index (χ4n) is 1.04. The van der Waals surface area contributed by atoms with Crippen molar-refractivity contribution in [3.8, 4) is 0 Å². The van der Waals surface area contributed by atoms with Crippen LogP contribution in [0.4, 0.5) is 0 Å². The van der Waals surface area contributed by atoms with Gasteiger partial charge in [-0.2, -0.15) is 0 Å². The van der Waals surface area contributed by atoms with E-state index in [0.717, 1.165) is 0 Å². The van der Waals surface area contributed by atoms with Gasteiger partial charge in [0.15, 0.2) is 5.78 Å². The van der Waals surface area contributed by atoms with Gasteiger partial charge in [-0.05, 0) is 6.42 Å². The van der Waals surface area contributed by atoms with E-state index in [2.05, 4.69) is 0 Å². The molecule has 0 aromatic rings. The van der Waals surface area contributed by atoms with Crippen LogP contribution >= 0.6 is 0 Å². The third-order valence-corrected chi connectivity index (χ3v) is 2.07. The molecule has 0 radical (unpaired) electrons. The Labute approximate surface area is 106 Å². The van der Waals surface area contributed by atoms with Crippen molar-refractivity contribution >= 4 is 18.0 Å². The maximum atomic E-state index is 11.3. The second kappa shape index (κ2) is 10.8. The summed E-state index contributed by atoms with van der Waals surface area (Å²) in [5, 5.41) is 6.69. The number of carbonyl (C=O) groups is 2. The summed E-state index contributed by atoms with van der Waals surface area (Å²) in [5.74, 6) is -0.927. The van der Waals surface area contributed by atoms with E-state index in [0.29, 0.717) is 19.4 Å². The lowest BCUT2D eigenvalue weighted by Crippen LogP contribution is -2.33. The number of esters is 1. The summed E-state index contributed by atoms with van der Waals surface area (Å²) >= 11 is 0. The summed E-state index contributed by atoms with van der Waals surface area (Å²) in [6.07, 6.45) is 0.962. The van der Waals surface area contributed by atoms with Crippen LogP contribution in [0.3, 0.4) is 0 Å². The topological polar surface area (TPSA) is 112 Å². The smallest absolute Gasteiger partial charge is 0.323 e. The van der Waals surface area contributed by atoms with Gasteiger partial charge in [-0.3, -0.25) is 9.59 Å². The van der Waals surface area contributed by atoms with Crippen LogP contribution in [0.5, 0.6) is 0 Å². The minimum atomic E-state index is -0.840. The summed E-state index contributed by atoms with van der Waals surface area (Å²) in [5.41, 5.74) is 5.52. The summed E-state index contributed by atoms with van der Waals surface area (Å²) in [6, 6.07) is -0.840. The zero-order valence-electron chi connectivity index (χ0n) is 10.5. The SMILES string of the molecule is COCCOCCOC(=O)[C@@H](N)CCC(=O)C=N. The Hall–Kier alpha value is -1.31. The maximum absolute atomic E-state index is 11.3. The minimum Gasteiger partial charge on any atom is -0.462 e. The fraction of sp³-hybridized carbons (Fsp3) is 0.727. The monoisotopic (exact) mass is 260 g/mol. The predicted octanol–water partition coefficient (Wildman–Crippen LogP) is -0.481. The zero-order valence-corrected chi connectivity index (χ0v) is 10.5. The number of nitrogens with one attached hydrogen (secondary N) is 1. The van der Waals surface area contributed by atoms with E-state index in [1.807, 2.05) is 0 Å². The van der Waals surface area contributed by atoms with Crippen molar-refractivity contribution in [3.63, 3.8) is 0 Å². The third-order valence-electron chi connectivity index (χ3n) is 2.07. The van der Waals surface area contributed by atoms with Crippen molar-refractivity contribution in [2.45, 2.75) is 18.9 Å². The molecule has 0 fully saturated rings. The summed E-state index contributed by atoms with van der Waals surface area (Å²) in [4.78, 5) is 22.2. The van der Waals surface area contributed by atoms with Crippen LogP contribution in [0, 0.1) is 5.41 Å². The molecule has 0 amide bonds. The molecule has 0 aliphatic carbocycles. The number of rotatable bonds is 11. The molecule has 0 aromatic heterocycles. The van der Waals surface area contributed by atoms with Crippen LogP contribution in [-0.4, -0.2) is 57.5 Å². The van der Waals surface area contributed by atoms with Gasteiger partial charge in [0.05, 0.1) is 26.0 Å². The summed E-state index contributed by atoms with van der Waals surface area (Å²) < 4.78 is 14.7. The van der Waals surface area contributed by atoms with Gasteiger partial charge in [0, 0.05) is 13.5 Å². The largest absolute Gasteiger partial charge is 0.462 e. The van der Waals surface area contributed by atoms with E-state index in [4.69, 9.17) is 25.4 Å². The molecule has 0 aliphatic heterocycles. The highest BCUT2D eigenvalue weighted by Gasteiger charge is 2.15. The van der Waals surface area contributed by atoms with E-state index < -0.39 is 12.0 Å². The normalized spacial score (nSPS) is 11.9. The van der Waals surface area contributed by atoms with Crippen molar-refractivity contribution in [2.75, 3.05) is 33.5 Å². The number of ether oxygens (including phenoxy) is 3. The molecule has 1 atom stereocenters. The second-order valence-corrected chi connectivity index (χ2v) is 3.53. The summed E-state index contributed by atoms with van der Waals surface area (Å²) in [7, 11) is 1.57. The lowest BCUT2D eigenvalue weighted by Gasteiger charge is -2.10. The predicted molar refractivity (Wildman–Crippen MR) is 64.7 cm³/mol. The van der Waals surface area contributed by atoms with E-state index in [1.165, 1.54) is 0 Å². The molecule has 0 heterocycles. The van der Waals surface area contributed by atoms with Crippen molar-refractivity contribution in [2.24, 2.45) is 5.73 Å². The molecule has 0 bridgehead atoms. The molecule has 7 nitrogen and oxygen atoms in total. The Morgan fingerprint density at radius 1 is 1.28 bits per heavy atom. The fourth-order valence-corrected chi connectivity index (χ4v) is 1.04. The number of methoxy groups -OCH3 is 1. The van der Waals surface area contributed by atoms with Gasteiger partial charge in [-0.15, -0.1) is 0 Å². The molecule has 3 N–H and O–H groups in total. The highest BCUT2D eigenvalue weighted by atomic mass is 16.6. The van der Waals surface area contributed by atoms with Crippen molar-refractivity contribution in [1.29, 1.82) is 5.41 Å². The average Bonchev–Trinajstić information content (AvgIpc) is 2.39. The first-order valence-corrected chi connectivity index (χ1v) is 5.64. The van der Waals surface area contributed by atoms with Gasteiger partial charge >= 0.3 is 5.97 Å². The van der Waals surface area contributed by atoms with E-state index >= 15 is 0 Å². The molecule has 0 rings (SSSR count). The lowest BCUT2D eigenvalue weighted by atomic mass is 10.1. The van der Waals surface area contributed by atoms with Gasteiger partial charge in [-0.25, -0.2) is 0 Å². The van der Waals surface area contributed by atoms with E-state index in [-0.39, 0.29) is 31.8 Å². The van der Waals surface area contributed by atoms with Gasteiger partial charge in [-0.1, -0.05) is 0 Å². The first-order chi connectivity index (χ1) is 8.61. The quantitative estimate of drug-likeness (QED) is 0.295. The Balaban J connectivity index is 3.55. The molecule has 0 saturated carbocycles. The van der Waals surface area contributed by atoms with Crippen molar-refractivity contribution in [3.05, 3.63) is 0 Å². The van der Waals surface area contributed by atoms with E-state index in [1.54, 1.807) is 7.11 Å². The standard InChI is InChI=1S/C11H20N2O5/c1-16-4-5-17-6-7-18-11(15)10(13)3-2-9(14)8-12/h8,10,12H,2-7,13H2,1H3/t10-/m0/s1. The lowest BCUT2D eigenvalue weighted by molar-refractivity contribution is -0.147. The molecular weight excluding hydrogens is 240 g/mol. The number of hydrogen-bond acceptors (Lipinski definition) is 7. The molecule has 0 aromatic carbocycles. The molecule has 7 heteroatoms. The minimum absolute atomic E-state index is 0.0735. The molecular formula is C11H20N2O5. The molecule has 0 unspecified atom stereocenters. The number of nitrogens with two attached hydrogens (primary N) is 1. The van der Waals surface area contributed by atoms with Crippen LogP contribution in [0.1, 0.15) is 12.8 Å². The van der Waals surface area contributed by atoms with Gasteiger partial charge in [0.25, 0.3) is 0 Å². The zero-order chi connectivity index (χ0) is 13.8. The maximum Gasteiger partial charge on any atom is 0.323 e. The average molecular weight is 260 g/mol. The first kappa shape index (κ1) is 16.7. The number of hydrogen-bond donors (Lipinski definition) is 2. The molecule has 0 spiro atoms. The van der Waals surface area contributed by atoms with Gasteiger partial charge in [0.1, 0.15) is 12.6 Å². The Morgan fingerprint density at radius 3 is 2.56 bits per heavy atom. The number of Topliss-reactive ketones (excluding diaryl/α,β-unsaturated/α-hetero) is 1.